The molecule has 0 radical (unpaired) electrons. The first-order chi connectivity index (χ1) is 10.4. The molecule has 1 aromatic carbocycles. The molecule has 116 valence electrons. The summed E-state index contributed by atoms with van der Waals surface area (Å²) < 4.78 is 0. The molecule has 0 aliphatic carbocycles. The molecule has 2 aromatic rings. The number of nitrogens with zero attached hydrogens (tertiary/aromatic N) is 1. The van der Waals surface area contributed by atoms with Crippen molar-refractivity contribution >= 4 is 28.3 Å². The minimum Gasteiger partial charge on any atom is -0.343 e. The van der Waals surface area contributed by atoms with Gasteiger partial charge < -0.3 is 10.6 Å². The third kappa shape index (κ3) is 4.39. The molecule has 1 heterocycles. The number of aromatic nitrogens is 1. The van der Waals surface area contributed by atoms with Crippen molar-refractivity contribution in [3.63, 3.8) is 0 Å². The third-order valence-electron chi connectivity index (χ3n) is 3.10. The van der Waals surface area contributed by atoms with Crippen LogP contribution in [0, 0.1) is 0 Å². The number of hydrogen-bond donors (Lipinski definition) is 2. The monoisotopic (exact) mass is 317 g/mol. The summed E-state index contributed by atoms with van der Waals surface area (Å²) in [4.78, 5) is 27.6. The molecule has 1 aromatic heterocycles. The van der Waals surface area contributed by atoms with Crippen molar-refractivity contribution in [3.05, 3.63) is 47.0 Å². The lowest BCUT2D eigenvalue weighted by Gasteiger charge is -2.19. The second kappa shape index (κ2) is 6.70. The molecule has 0 aliphatic heterocycles. The maximum Gasteiger partial charge on any atom is 0.251 e. The lowest BCUT2D eigenvalue weighted by Crippen LogP contribution is -2.32. The third-order valence-corrected chi connectivity index (χ3v) is 3.79. The predicted molar refractivity (Wildman–Crippen MR) is 88.2 cm³/mol. The second-order valence-corrected chi connectivity index (χ2v) is 6.79. The molecule has 0 bridgehead atoms. The van der Waals surface area contributed by atoms with E-state index in [1.165, 1.54) is 11.3 Å². The Bertz CT molecular complexity index is 643. The number of carbonyl (C=O) groups is 2. The fourth-order valence-corrected chi connectivity index (χ4v) is 2.38. The lowest BCUT2D eigenvalue weighted by atomic mass is 9.87. The molecule has 0 unspecified atom stereocenters. The van der Waals surface area contributed by atoms with Gasteiger partial charge >= 0.3 is 0 Å². The van der Waals surface area contributed by atoms with Crippen LogP contribution in [0.25, 0.3) is 0 Å². The Morgan fingerprint density at radius 1 is 1.18 bits per heavy atom. The minimum atomic E-state index is -0.297. The lowest BCUT2D eigenvalue weighted by molar-refractivity contribution is -0.115. The summed E-state index contributed by atoms with van der Waals surface area (Å²) in [5.41, 5.74) is 1.74. The molecule has 2 rings (SSSR count). The Labute approximate surface area is 133 Å². The average molecular weight is 317 g/mol. The molecule has 0 saturated carbocycles. The van der Waals surface area contributed by atoms with Gasteiger partial charge in [0.2, 0.25) is 5.91 Å². The van der Waals surface area contributed by atoms with Crippen molar-refractivity contribution in [2.45, 2.75) is 26.2 Å². The van der Waals surface area contributed by atoms with Crippen molar-refractivity contribution in [1.29, 1.82) is 0 Å². The van der Waals surface area contributed by atoms with E-state index in [9.17, 15) is 9.59 Å². The first-order valence-electron chi connectivity index (χ1n) is 6.94. The van der Waals surface area contributed by atoms with Crippen LogP contribution in [0.3, 0.4) is 0 Å². The highest BCUT2D eigenvalue weighted by Crippen LogP contribution is 2.22. The molecule has 0 spiro atoms. The van der Waals surface area contributed by atoms with Gasteiger partial charge in [-0.25, -0.2) is 4.98 Å². The average Bonchev–Trinajstić information content (AvgIpc) is 2.97. The summed E-state index contributed by atoms with van der Waals surface area (Å²) in [7, 11) is 0. The molecule has 2 amide bonds. The van der Waals surface area contributed by atoms with E-state index >= 15 is 0 Å². The van der Waals surface area contributed by atoms with Crippen LogP contribution in [0.1, 0.15) is 36.7 Å². The summed E-state index contributed by atoms with van der Waals surface area (Å²) in [5.74, 6) is -0.565. The maximum atomic E-state index is 12.0. The number of hydrogen-bond acceptors (Lipinski definition) is 4. The van der Waals surface area contributed by atoms with Crippen molar-refractivity contribution in [2.75, 3.05) is 11.9 Å². The largest absolute Gasteiger partial charge is 0.343 e. The van der Waals surface area contributed by atoms with Gasteiger partial charge in [-0.05, 0) is 23.1 Å². The first-order valence-corrected chi connectivity index (χ1v) is 7.82. The van der Waals surface area contributed by atoms with Crippen LogP contribution >= 0.6 is 11.3 Å². The van der Waals surface area contributed by atoms with Crippen molar-refractivity contribution in [2.24, 2.45) is 0 Å². The van der Waals surface area contributed by atoms with Crippen LogP contribution in [-0.2, 0) is 10.2 Å². The van der Waals surface area contributed by atoms with Gasteiger partial charge in [-0.15, -0.1) is 11.3 Å². The number of carbonyl (C=O) groups excluding carboxylic acids is 2. The zero-order chi connectivity index (χ0) is 16.2. The van der Waals surface area contributed by atoms with E-state index in [4.69, 9.17) is 0 Å². The van der Waals surface area contributed by atoms with Crippen LogP contribution in [0.2, 0.25) is 0 Å². The van der Waals surface area contributed by atoms with Crippen molar-refractivity contribution in [1.82, 2.24) is 10.3 Å². The fourth-order valence-electron chi connectivity index (χ4n) is 1.83. The molecule has 0 saturated heterocycles. The van der Waals surface area contributed by atoms with E-state index < -0.39 is 0 Å². The number of rotatable bonds is 4. The minimum absolute atomic E-state index is 0.0442. The number of amides is 2. The first kappa shape index (κ1) is 16.2. The van der Waals surface area contributed by atoms with Crippen molar-refractivity contribution < 1.29 is 9.59 Å². The summed E-state index contributed by atoms with van der Waals surface area (Å²) >= 11 is 1.33. The van der Waals surface area contributed by atoms with Gasteiger partial charge in [0.25, 0.3) is 5.91 Å². The van der Waals surface area contributed by atoms with Crippen LogP contribution in [0.15, 0.2) is 35.8 Å². The van der Waals surface area contributed by atoms with Crippen LogP contribution in [0.5, 0.6) is 0 Å². The van der Waals surface area contributed by atoms with Crippen molar-refractivity contribution in [3.8, 4) is 0 Å². The molecule has 5 nitrogen and oxygen atoms in total. The molecular weight excluding hydrogens is 298 g/mol. The van der Waals surface area contributed by atoms with Crippen LogP contribution < -0.4 is 10.6 Å². The standard InChI is InChI=1S/C16H19N3O2S/c1-16(2,3)12-6-4-11(5-7-12)14(21)18-10-13(20)19-15-17-8-9-22-15/h4-9H,10H2,1-3H3,(H,18,21)(H,17,19,20). The van der Waals surface area contributed by atoms with E-state index in [1.54, 1.807) is 23.7 Å². The second-order valence-electron chi connectivity index (χ2n) is 5.90. The smallest absolute Gasteiger partial charge is 0.251 e. The number of benzene rings is 1. The Kier molecular flexibility index (Phi) is 4.92. The highest BCUT2D eigenvalue weighted by Gasteiger charge is 2.14. The van der Waals surface area contributed by atoms with Gasteiger partial charge in [0.1, 0.15) is 0 Å². The number of anilines is 1. The van der Waals surface area contributed by atoms with Gasteiger partial charge in [0.05, 0.1) is 6.54 Å². The fraction of sp³-hybridized carbons (Fsp3) is 0.312. The molecule has 0 aliphatic rings. The predicted octanol–water partition coefficient (Wildman–Crippen LogP) is 2.81. The molecule has 22 heavy (non-hydrogen) atoms. The molecule has 0 fully saturated rings. The van der Waals surface area contributed by atoms with Crippen LogP contribution in [-0.4, -0.2) is 23.3 Å². The van der Waals surface area contributed by atoms with Gasteiger partial charge in [-0.1, -0.05) is 32.9 Å². The Morgan fingerprint density at radius 2 is 1.86 bits per heavy atom. The summed E-state index contributed by atoms with van der Waals surface area (Å²) in [5, 5.41) is 7.50. The van der Waals surface area contributed by atoms with E-state index in [2.05, 4.69) is 36.4 Å². The summed E-state index contributed by atoms with van der Waals surface area (Å²) in [6.07, 6.45) is 1.61. The SMILES string of the molecule is CC(C)(C)c1ccc(C(=O)NCC(=O)Nc2nccs2)cc1. The van der Waals surface area contributed by atoms with Gasteiger partial charge in [-0.2, -0.15) is 0 Å². The maximum absolute atomic E-state index is 12.0. The van der Waals surface area contributed by atoms with Gasteiger partial charge in [-0.3, -0.25) is 9.59 Å². The number of thiazole rings is 1. The zero-order valence-corrected chi connectivity index (χ0v) is 13.7. The Hall–Kier alpha value is -2.21. The molecule has 6 heteroatoms. The topological polar surface area (TPSA) is 71.1 Å². The van der Waals surface area contributed by atoms with E-state index in [-0.39, 0.29) is 23.8 Å². The molecule has 2 N–H and O–H groups in total. The summed E-state index contributed by atoms with van der Waals surface area (Å²) in [6, 6.07) is 7.42. The zero-order valence-electron chi connectivity index (χ0n) is 12.8. The van der Waals surface area contributed by atoms with E-state index in [1.807, 2.05) is 12.1 Å². The van der Waals surface area contributed by atoms with Gasteiger partial charge in [0, 0.05) is 17.1 Å². The van der Waals surface area contributed by atoms with Crippen LogP contribution in [0.4, 0.5) is 5.13 Å². The highest BCUT2D eigenvalue weighted by atomic mass is 32.1. The summed E-state index contributed by atoms with van der Waals surface area (Å²) in [6.45, 7) is 6.26. The highest BCUT2D eigenvalue weighted by molar-refractivity contribution is 7.13. The number of nitrogens with one attached hydrogen (secondary N) is 2. The van der Waals surface area contributed by atoms with E-state index in [0.29, 0.717) is 10.7 Å². The Morgan fingerprint density at radius 3 is 2.41 bits per heavy atom. The molecular formula is C16H19N3O2S. The quantitative estimate of drug-likeness (QED) is 0.911. The Balaban J connectivity index is 1.88. The van der Waals surface area contributed by atoms with E-state index in [0.717, 1.165) is 5.56 Å². The van der Waals surface area contributed by atoms with Gasteiger partial charge in [0.15, 0.2) is 5.13 Å². The normalized spacial score (nSPS) is 11.0. The molecule has 0 atom stereocenters.